The minimum Gasteiger partial charge on any atom is -0.343 e. The van der Waals surface area contributed by atoms with Crippen LogP contribution >= 0.6 is 23.2 Å². The molecule has 2 aromatic carbocycles. The number of nitrogens with zero attached hydrogens (tertiary/aromatic N) is 2. The first-order chi connectivity index (χ1) is 10.1. The van der Waals surface area contributed by atoms with Crippen LogP contribution in [-0.2, 0) is 6.54 Å². The maximum absolute atomic E-state index is 13.5. The second-order valence-electron chi connectivity index (χ2n) is 4.72. The second kappa shape index (κ2) is 5.40. The average molecular weight is 319 g/mol. The molecule has 0 saturated heterocycles. The topological polar surface area (TPSA) is 28.7 Å². The predicted octanol–water partition coefficient (Wildman–Crippen LogP) is 5.01. The summed E-state index contributed by atoms with van der Waals surface area (Å²) in [6.07, 6.45) is 1.86. The number of aromatic nitrogens is 1. The van der Waals surface area contributed by atoms with Gasteiger partial charge in [-0.2, -0.15) is 5.26 Å². The quantitative estimate of drug-likeness (QED) is 0.653. The highest BCUT2D eigenvalue weighted by Gasteiger charge is 2.08. The molecule has 3 rings (SSSR count). The van der Waals surface area contributed by atoms with Gasteiger partial charge >= 0.3 is 0 Å². The smallest absolute Gasteiger partial charge is 0.124 e. The average Bonchev–Trinajstić information content (AvgIpc) is 2.81. The van der Waals surface area contributed by atoms with E-state index < -0.39 is 5.82 Å². The zero-order valence-corrected chi connectivity index (χ0v) is 12.3. The maximum Gasteiger partial charge on any atom is 0.124 e. The van der Waals surface area contributed by atoms with E-state index in [1.165, 1.54) is 12.1 Å². The summed E-state index contributed by atoms with van der Waals surface area (Å²) in [7, 11) is 0. The molecule has 104 valence electrons. The number of halogens is 3. The second-order valence-corrected chi connectivity index (χ2v) is 5.57. The monoisotopic (exact) mass is 318 g/mol. The van der Waals surface area contributed by atoms with Crippen LogP contribution in [0.5, 0.6) is 0 Å². The summed E-state index contributed by atoms with van der Waals surface area (Å²) in [4.78, 5) is 0. The normalized spacial score (nSPS) is 10.8. The van der Waals surface area contributed by atoms with Crippen LogP contribution in [-0.4, -0.2) is 4.57 Å². The van der Waals surface area contributed by atoms with Crippen LogP contribution in [0.25, 0.3) is 10.9 Å². The maximum atomic E-state index is 13.5. The molecular weight excluding hydrogens is 310 g/mol. The van der Waals surface area contributed by atoms with Crippen molar-refractivity contribution in [3.63, 3.8) is 0 Å². The molecule has 0 spiro atoms. The fourth-order valence-electron chi connectivity index (χ4n) is 2.36. The summed E-state index contributed by atoms with van der Waals surface area (Å²) >= 11 is 12.2. The Morgan fingerprint density at radius 3 is 2.71 bits per heavy atom. The molecule has 21 heavy (non-hydrogen) atoms. The molecule has 0 saturated carbocycles. The lowest BCUT2D eigenvalue weighted by molar-refractivity contribution is 0.623. The zero-order chi connectivity index (χ0) is 15.0. The summed E-state index contributed by atoms with van der Waals surface area (Å²) in [6, 6.07) is 11.6. The molecule has 5 heteroatoms. The molecule has 0 N–H and O–H groups in total. The molecule has 0 bridgehead atoms. The first kappa shape index (κ1) is 13.9. The van der Waals surface area contributed by atoms with Crippen LogP contribution in [0.3, 0.4) is 0 Å². The van der Waals surface area contributed by atoms with Gasteiger partial charge in [0.05, 0.1) is 22.2 Å². The van der Waals surface area contributed by atoms with Crippen LogP contribution in [0.15, 0.2) is 42.6 Å². The van der Waals surface area contributed by atoms with Gasteiger partial charge in [0, 0.05) is 23.2 Å². The van der Waals surface area contributed by atoms with Crippen molar-refractivity contribution in [2.24, 2.45) is 0 Å². The highest BCUT2D eigenvalue weighted by Crippen LogP contribution is 2.29. The molecule has 0 fully saturated rings. The molecule has 0 radical (unpaired) electrons. The summed E-state index contributed by atoms with van der Waals surface area (Å²) in [6.45, 7) is 0.437. The van der Waals surface area contributed by atoms with Gasteiger partial charge in [-0.1, -0.05) is 23.2 Å². The fourth-order valence-corrected chi connectivity index (χ4v) is 2.91. The van der Waals surface area contributed by atoms with E-state index in [1.54, 1.807) is 12.1 Å². The van der Waals surface area contributed by atoms with Gasteiger partial charge in [-0.05, 0) is 42.0 Å². The Labute approximate surface area is 130 Å². The molecule has 0 unspecified atom stereocenters. The number of nitriles is 1. The number of rotatable bonds is 2. The van der Waals surface area contributed by atoms with Gasteiger partial charge in [-0.15, -0.1) is 0 Å². The van der Waals surface area contributed by atoms with Crippen LogP contribution in [0.2, 0.25) is 10.0 Å². The van der Waals surface area contributed by atoms with Crippen LogP contribution in [0.4, 0.5) is 4.39 Å². The van der Waals surface area contributed by atoms with Crippen molar-refractivity contribution in [3.05, 3.63) is 69.6 Å². The minimum absolute atomic E-state index is 0.303. The molecule has 2 nitrogen and oxygen atoms in total. The van der Waals surface area contributed by atoms with Crippen LogP contribution in [0.1, 0.15) is 11.1 Å². The molecule has 0 aliphatic carbocycles. The lowest BCUT2D eigenvalue weighted by Gasteiger charge is -2.07. The van der Waals surface area contributed by atoms with Gasteiger partial charge in [0.2, 0.25) is 0 Å². The van der Waals surface area contributed by atoms with Crippen molar-refractivity contribution in [3.8, 4) is 6.07 Å². The first-order valence-electron chi connectivity index (χ1n) is 6.20. The van der Waals surface area contributed by atoms with E-state index in [0.717, 1.165) is 10.9 Å². The third kappa shape index (κ3) is 2.73. The van der Waals surface area contributed by atoms with Gasteiger partial charge in [0.15, 0.2) is 0 Å². The third-order valence-electron chi connectivity index (χ3n) is 3.24. The molecule has 1 aromatic heterocycles. The Kier molecular flexibility index (Phi) is 3.59. The first-order valence-corrected chi connectivity index (χ1v) is 6.96. The highest BCUT2D eigenvalue weighted by atomic mass is 35.5. The van der Waals surface area contributed by atoms with E-state index >= 15 is 0 Å². The van der Waals surface area contributed by atoms with Gasteiger partial charge < -0.3 is 4.57 Å². The number of hydrogen-bond donors (Lipinski definition) is 0. The van der Waals surface area contributed by atoms with E-state index in [4.69, 9.17) is 28.5 Å². The molecule has 0 amide bonds. The predicted molar refractivity (Wildman–Crippen MR) is 82.2 cm³/mol. The van der Waals surface area contributed by atoms with Crippen molar-refractivity contribution in [1.82, 2.24) is 4.57 Å². The molecule has 0 atom stereocenters. The van der Waals surface area contributed by atoms with E-state index in [9.17, 15) is 4.39 Å². The molecular formula is C16H9Cl2FN2. The summed E-state index contributed by atoms with van der Waals surface area (Å²) in [5.41, 5.74) is 1.88. The van der Waals surface area contributed by atoms with Crippen molar-refractivity contribution >= 4 is 34.1 Å². The lowest BCUT2D eigenvalue weighted by atomic mass is 10.1. The summed E-state index contributed by atoms with van der Waals surface area (Å²) in [5, 5.41) is 10.9. The number of benzene rings is 2. The van der Waals surface area contributed by atoms with E-state index in [0.29, 0.717) is 27.7 Å². The lowest BCUT2D eigenvalue weighted by Crippen LogP contribution is -1.99. The Bertz CT molecular complexity index is 878. The standard InChI is InChI=1S/C16H9Cl2FN2/c17-12-6-15(18)14-1-2-21(16(14)7-12)9-11-3-10(8-20)4-13(19)5-11/h1-7H,9H2. The van der Waals surface area contributed by atoms with E-state index in [-0.39, 0.29) is 0 Å². The Balaban J connectivity index is 2.07. The van der Waals surface area contributed by atoms with Crippen molar-refractivity contribution in [1.29, 1.82) is 5.26 Å². The number of hydrogen-bond acceptors (Lipinski definition) is 1. The molecule has 0 aliphatic rings. The van der Waals surface area contributed by atoms with E-state index in [1.807, 2.05) is 29.0 Å². The summed E-state index contributed by atoms with van der Waals surface area (Å²) in [5.74, 6) is -0.420. The van der Waals surface area contributed by atoms with E-state index in [2.05, 4.69) is 0 Å². The zero-order valence-electron chi connectivity index (χ0n) is 10.8. The molecule has 0 aliphatic heterocycles. The summed E-state index contributed by atoms with van der Waals surface area (Å²) < 4.78 is 15.4. The Hall–Kier alpha value is -2.02. The minimum atomic E-state index is -0.420. The fraction of sp³-hybridized carbons (Fsp3) is 0.0625. The van der Waals surface area contributed by atoms with Crippen LogP contribution in [0, 0.1) is 17.1 Å². The Morgan fingerprint density at radius 2 is 1.95 bits per heavy atom. The van der Waals surface area contributed by atoms with Gasteiger partial charge in [0.25, 0.3) is 0 Å². The largest absolute Gasteiger partial charge is 0.343 e. The van der Waals surface area contributed by atoms with Crippen LogP contribution < -0.4 is 0 Å². The van der Waals surface area contributed by atoms with Gasteiger partial charge in [-0.25, -0.2) is 4.39 Å². The highest BCUT2D eigenvalue weighted by molar-refractivity contribution is 6.38. The van der Waals surface area contributed by atoms with Crippen molar-refractivity contribution < 1.29 is 4.39 Å². The van der Waals surface area contributed by atoms with Gasteiger partial charge in [0.1, 0.15) is 5.82 Å². The SMILES string of the molecule is N#Cc1cc(F)cc(Cn2ccc3c(Cl)cc(Cl)cc32)c1. The molecule has 1 heterocycles. The molecule has 3 aromatic rings. The van der Waals surface area contributed by atoms with Crippen molar-refractivity contribution in [2.45, 2.75) is 6.54 Å². The third-order valence-corrected chi connectivity index (χ3v) is 3.77. The van der Waals surface area contributed by atoms with Crippen molar-refractivity contribution in [2.75, 3.05) is 0 Å². The number of fused-ring (bicyclic) bond motifs is 1. The Morgan fingerprint density at radius 1 is 1.14 bits per heavy atom. The van der Waals surface area contributed by atoms with Gasteiger partial charge in [-0.3, -0.25) is 0 Å².